The minimum absolute atomic E-state index is 0.0565. The normalized spacial score (nSPS) is 15.9. The molecule has 5 nitrogen and oxygen atoms in total. The maximum Gasteiger partial charge on any atom is 0.274 e. The van der Waals surface area contributed by atoms with E-state index in [1.807, 2.05) is 52.1 Å². The van der Waals surface area contributed by atoms with E-state index in [4.69, 9.17) is 0 Å². The number of amides is 1. The summed E-state index contributed by atoms with van der Waals surface area (Å²) in [5.41, 5.74) is 4.77. The number of carbonyl (C=O) groups excluding carboxylic acids is 1. The number of rotatable bonds is 3. The summed E-state index contributed by atoms with van der Waals surface area (Å²) < 4.78 is 0. The van der Waals surface area contributed by atoms with Gasteiger partial charge in [0.05, 0.1) is 10.6 Å². The second-order valence-electron chi connectivity index (χ2n) is 7.48. The molecule has 1 N–H and O–H groups in total. The number of thiophene rings is 1. The van der Waals surface area contributed by atoms with E-state index in [-0.39, 0.29) is 11.9 Å². The largest absolute Gasteiger partial charge is 0.356 e. The van der Waals surface area contributed by atoms with E-state index >= 15 is 0 Å². The maximum atomic E-state index is 13.6. The highest BCUT2D eigenvalue weighted by atomic mass is 32.1. The third kappa shape index (κ3) is 3.08. The van der Waals surface area contributed by atoms with E-state index in [1.165, 1.54) is 22.3 Å². The van der Waals surface area contributed by atoms with Gasteiger partial charge in [0.25, 0.3) is 5.91 Å². The predicted molar refractivity (Wildman–Crippen MR) is 125 cm³/mol. The van der Waals surface area contributed by atoms with Crippen LogP contribution in [0, 0.1) is 0 Å². The molecule has 7 heteroatoms. The van der Waals surface area contributed by atoms with Crippen LogP contribution in [-0.2, 0) is 6.42 Å². The molecule has 1 amide bonds. The van der Waals surface area contributed by atoms with E-state index in [9.17, 15) is 4.79 Å². The lowest BCUT2D eigenvalue weighted by Gasteiger charge is -2.35. The van der Waals surface area contributed by atoms with Gasteiger partial charge in [0.1, 0.15) is 16.7 Å². The molecular formula is C24H18N4OS2. The van der Waals surface area contributed by atoms with Crippen molar-refractivity contribution in [3.63, 3.8) is 0 Å². The zero-order chi connectivity index (χ0) is 20.8. The molecule has 6 rings (SSSR count). The Morgan fingerprint density at radius 1 is 1.06 bits per heavy atom. The van der Waals surface area contributed by atoms with Gasteiger partial charge in [0.15, 0.2) is 0 Å². The number of H-pyrrole nitrogens is 1. The molecule has 0 spiro atoms. The van der Waals surface area contributed by atoms with Crippen LogP contribution in [0.4, 0.5) is 0 Å². The van der Waals surface area contributed by atoms with Gasteiger partial charge in [-0.15, -0.1) is 22.7 Å². The number of benzene rings is 1. The summed E-state index contributed by atoms with van der Waals surface area (Å²) in [7, 11) is 0. The fourth-order valence-corrected chi connectivity index (χ4v) is 5.95. The highest BCUT2D eigenvalue weighted by Crippen LogP contribution is 2.38. The number of aromatic nitrogens is 3. The van der Waals surface area contributed by atoms with Crippen molar-refractivity contribution in [3.05, 3.63) is 94.2 Å². The number of fused-ring (bicyclic) bond motifs is 3. The molecule has 0 unspecified atom stereocenters. The van der Waals surface area contributed by atoms with Gasteiger partial charge in [-0.2, -0.15) is 0 Å². The van der Waals surface area contributed by atoms with Gasteiger partial charge in [-0.05, 0) is 41.6 Å². The Balaban J connectivity index is 1.44. The second-order valence-corrected chi connectivity index (χ2v) is 9.29. The molecule has 0 saturated heterocycles. The quantitative estimate of drug-likeness (QED) is 0.399. The Morgan fingerprint density at radius 2 is 1.97 bits per heavy atom. The Morgan fingerprint density at radius 3 is 2.81 bits per heavy atom. The van der Waals surface area contributed by atoms with Crippen LogP contribution in [0.1, 0.15) is 33.5 Å². The summed E-state index contributed by atoms with van der Waals surface area (Å²) in [6.07, 6.45) is 2.59. The van der Waals surface area contributed by atoms with E-state index in [0.29, 0.717) is 12.2 Å². The molecule has 0 fully saturated rings. The standard InChI is InChI=1S/C24H18N4OS2/c29-24(19-14-31-23(27-19)20-9-5-13-30-20)28-12-10-16-15-6-1-2-7-17(15)26-21(16)22(28)18-8-3-4-11-25-18/h1-9,11,13-14,22,26H,10,12H2/t22-/m0/s1. The van der Waals surface area contributed by atoms with E-state index < -0.39 is 0 Å². The average Bonchev–Trinajstić information content (AvgIpc) is 3.57. The van der Waals surface area contributed by atoms with Gasteiger partial charge in [-0.1, -0.05) is 30.3 Å². The smallest absolute Gasteiger partial charge is 0.274 e. The maximum absolute atomic E-state index is 13.6. The first kappa shape index (κ1) is 18.5. The lowest BCUT2D eigenvalue weighted by atomic mass is 9.94. The first-order chi connectivity index (χ1) is 15.3. The monoisotopic (exact) mass is 442 g/mol. The summed E-state index contributed by atoms with van der Waals surface area (Å²) >= 11 is 3.15. The zero-order valence-electron chi connectivity index (χ0n) is 16.5. The van der Waals surface area contributed by atoms with Gasteiger partial charge < -0.3 is 9.88 Å². The van der Waals surface area contributed by atoms with E-state index in [1.54, 1.807) is 17.5 Å². The van der Waals surface area contributed by atoms with E-state index in [2.05, 4.69) is 33.2 Å². The number of hydrogen-bond acceptors (Lipinski definition) is 5. The van der Waals surface area contributed by atoms with Crippen molar-refractivity contribution >= 4 is 39.5 Å². The SMILES string of the molecule is O=C(c1csc(-c2cccs2)n1)N1CCc2c([nH]c3ccccc23)[C@@H]1c1ccccn1. The minimum atomic E-state index is -0.267. The second kappa shape index (κ2) is 7.44. The van der Waals surface area contributed by atoms with Crippen LogP contribution in [0.15, 0.2) is 71.6 Å². The number of nitrogens with zero attached hydrogens (tertiary/aromatic N) is 3. The molecule has 4 aromatic heterocycles. The summed E-state index contributed by atoms with van der Waals surface area (Å²) in [5, 5.41) is 6.00. The molecule has 0 aliphatic carbocycles. The summed E-state index contributed by atoms with van der Waals surface area (Å²) in [6.45, 7) is 0.626. The van der Waals surface area contributed by atoms with Crippen LogP contribution in [0.25, 0.3) is 20.8 Å². The summed E-state index contributed by atoms with van der Waals surface area (Å²) in [5.74, 6) is -0.0565. The lowest BCUT2D eigenvalue weighted by molar-refractivity contribution is 0.0683. The molecule has 1 atom stereocenters. The predicted octanol–water partition coefficient (Wildman–Crippen LogP) is 5.54. The molecule has 0 radical (unpaired) electrons. The topological polar surface area (TPSA) is 61.9 Å². The Labute approximate surface area is 187 Å². The Bertz CT molecular complexity index is 1370. The summed E-state index contributed by atoms with van der Waals surface area (Å²) in [4.78, 5) is 29.5. The highest BCUT2D eigenvalue weighted by Gasteiger charge is 2.36. The van der Waals surface area contributed by atoms with Crippen LogP contribution in [0.5, 0.6) is 0 Å². The van der Waals surface area contributed by atoms with Gasteiger partial charge in [-0.25, -0.2) is 4.98 Å². The number of carbonyl (C=O) groups is 1. The molecule has 1 aromatic carbocycles. The number of pyridine rings is 1. The molecule has 1 aliphatic rings. The molecule has 1 aliphatic heterocycles. The first-order valence-electron chi connectivity index (χ1n) is 10.1. The molecular weight excluding hydrogens is 424 g/mol. The minimum Gasteiger partial charge on any atom is -0.356 e. The molecule has 31 heavy (non-hydrogen) atoms. The van der Waals surface area contributed by atoms with Crippen LogP contribution in [-0.4, -0.2) is 32.3 Å². The van der Waals surface area contributed by atoms with Gasteiger partial charge >= 0.3 is 0 Å². The number of hydrogen-bond donors (Lipinski definition) is 1. The van der Waals surface area contributed by atoms with Crippen LogP contribution < -0.4 is 0 Å². The third-order valence-corrected chi connectivity index (χ3v) is 7.60. The van der Waals surface area contributed by atoms with E-state index in [0.717, 1.165) is 33.2 Å². The Kier molecular flexibility index (Phi) is 4.44. The lowest BCUT2D eigenvalue weighted by Crippen LogP contribution is -2.41. The van der Waals surface area contributed by atoms with Crippen LogP contribution >= 0.6 is 22.7 Å². The fraction of sp³-hybridized carbons (Fsp3) is 0.125. The summed E-state index contributed by atoms with van der Waals surface area (Å²) in [6, 6.07) is 18.0. The van der Waals surface area contributed by atoms with Crippen molar-refractivity contribution < 1.29 is 4.79 Å². The Hall–Kier alpha value is -3.29. The van der Waals surface area contributed by atoms with Gasteiger partial charge in [0, 0.05) is 34.7 Å². The number of aromatic amines is 1. The molecule has 5 heterocycles. The number of nitrogens with one attached hydrogen (secondary N) is 1. The molecule has 0 bridgehead atoms. The van der Waals surface area contributed by atoms with Crippen molar-refractivity contribution in [1.82, 2.24) is 19.9 Å². The van der Waals surface area contributed by atoms with Crippen molar-refractivity contribution in [3.8, 4) is 9.88 Å². The number of para-hydroxylation sites is 1. The average molecular weight is 443 g/mol. The van der Waals surface area contributed by atoms with Crippen molar-refractivity contribution in [1.29, 1.82) is 0 Å². The fourth-order valence-electron chi connectivity index (χ4n) is 4.34. The van der Waals surface area contributed by atoms with Gasteiger partial charge in [0.2, 0.25) is 0 Å². The van der Waals surface area contributed by atoms with Crippen molar-refractivity contribution in [2.75, 3.05) is 6.54 Å². The van der Waals surface area contributed by atoms with Crippen LogP contribution in [0.2, 0.25) is 0 Å². The highest BCUT2D eigenvalue weighted by molar-refractivity contribution is 7.20. The van der Waals surface area contributed by atoms with Crippen molar-refractivity contribution in [2.24, 2.45) is 0 Å². The molecule has 5 aromatic rings. The molecule has 0 saturated carbocycles. The third-order valence-electron chi connectivity index (χ3n) is 5.72. The van der Waals surface area contributed by atoms with Crippen molar-refractivity contribution in [2.45, 2.75) is 12.5 Å². The van der Waals surface area contributed by atoms with Crippen LogP contribution in [0.3, 0.4) is 0 Å². The van der Waals surface area contributed by atoms with Gasteiger partial charge in [-0.3, -0.25) is 9.78 Å². The first-order valence-corrected chi connectivity index (χ1v) is 11.9. The number of thiazole rings is 1. The zero-order valence-corrected chi connectivity index (χ0v) is 18.1. The molecule has 152 valence electrons.